The molecular weight excluding hydrogens is 252 g/mol. The first-order valence-corrected chi connectivity index (χ1v) is 6.30. The Balaban J connectivity index is 1.75. The van der Waals surface area contributed by atoms with E-state index < -0.39 is 0 Å². The standard InChI is InChI=1S/C15H14N4O/c16-11-5-3-4-10(8-11)15(20)17-9-14-12-6-1-2-7-13(12)18-19-14/h1-8H,9,16H2,(H,17,20)(H,18,19). The highest BCUT2D eigenvalue weighted by Gasteiger charge is 2.08. The molecular formula is C15H14N4O. The van der Waals surface area contributed by atoms with E-state index >= 15 is 0 Å². The molecule has 0 saturated carbocycles. The highest BCUT2D eigenvalue weighted by molar-refractivity contribution is 5.95. The van der Waals surface area contributed by atoms with Gasteiger partial charge in [0, 0.05) is 16.6 Å². The van der Waals surface area contributed by atoms with Gasteiger partial charge in [-0.15, -0.1) is 0 Å². The fourth-order valence-corrected chi connectivity index (χ4v) is 2.10. The van der Waals surface area contributed by atoms with E-state index in [1.165, 1.54) is 0 Å². The highest BCUT2D eigenvalue weighted by atomic mass is 16.1. The molecule has 0 radical (unpaired) electrons. The van der Waals surface area contributed by atoms with E-state index in [0.29, 0.717) is 17.8 Å². The minimum atomic E-state index is -0.156. The number of anilines is 1. The Morgan fingerprint density at radius 1 is 1.20 bits per heavy atom. The van der Waals surface area contributed by atoms with Crippen molar-refractivity contribution in [2.45, 2.75) is 6.54 Å². The van der Waals surface area contributed by atoms with Crippen molar-refractivity contribution < 1.29 is 4.79 Å². The van der Waals surface area contributed by atoms with Crippen LogP contribution in [0, 0.1) is 0 Å². The number of nitrogens with zero attached hydrogens (tertiary/aromatic N) is 1. The van der Waals surface area contributed by atoms with Crippen LogP contribution in [-0.4, -0.2) is 16.1 Å². The molecule has 0 aliphatic rings. The summed E-state index contributed by atoms with van der Waals surface area (Å²) in [7, 11) is 0. The number of H-pyrrole nitrogens is 1. The van der Waals surface area contributed by atoms with Gasteiger partial charge in [0.15, 0.2) is 0 Å². The average Bonchev–Trinajstić information content (AvgIpc) is 2.88. The van der Waals surface area contributed by atoms with Gasteiger partial charge >= 0.3 is 0 Å². The molecule has 100 valence electrons. The van der Waals surface area contributed by atoms with E-state index in [1.807, 2.05) is 24.3 Å². The van der Waals surface area contributed by atoms with Crippen molar-refractivity contribution in [2.75, 3.05) is 5.73 Å². The van der Waals surface area contributed by atoms with Gasteiger partial charge in [0.1, 0.15) is 0 Å². The zero-order valence-corrected chi connectivity index (χ0v) is 10.8. The number of hydrogen-bond donors (Lipinski definition) is 3. The van der Waals surface area contributed by atoms with Gasteiger partial charge in [-0.05, 0) is 24.3 Å². The van der Waals surface area contributed by atoms with Crippen LogP contribution in [-0.2, 0) is 6.54 Å². The summed E-state index contributed by atoms with van der Waals surface area (Å²) >= 11 is 0. The maximum Gasteiger partial charge on any atom is 0.251 e. The molecule has 0 atom stereocenters. The fourth-order valence-electron chi connectivity index (χ4n) is 2.10. The Labute approximate surface area is 115 Å². The van der Waals surface area contributed by atoms with Gasteiger partial charge in [-0.25, -0.2) is 0 Å². The summed E-state index contributed by atoms with van der Waals surface area (Å²) in [6, 6.07) is 14.7. The molecule has 0 spiro atoms. The maximum absolute atomic E-state index is 12.0. The van der Waals surface area contributed by atoms with Gasteiger partial charge in [0.25, 0.3) is 5.91 Å². The molecule has 4 N–H and O–H groups in total. The lowest BCUT2D eigenvalue weighted by molar-refractivity contribution is 0.0950. The molecule has 5 heteroatoms. The van der Waals surface area contributed by atoms with Crippen LogP contribution >= 0.6 is 0 Å². The average molecular weight is 266 g/mol. The molecule has 0 saturated heterocycles. The third-order valence-corrected chi connectivity index (χ3v) is 3.12. The summed E-state index contributed by atoms with van der Waals surface area (Å²) in [4.78, 5) is 12.0. The molecule has 3 aromatic rings. The van der Waals surface area contributed by atoms with Crippen LogP contribution in [0.15, 0.2) is 48.5 Å². The molecule has 1 aromatic heterocycles. The van der Waals surface area contributed by atoms with E-state index in [-0.39, 0.29) is 5.91 Å². The Hall–Kier alpha value is -2.82. The van der Waals surface area contributed by atoms with Crippen molar-refractivity contribution in [3.8, 4) is 0 Å². The number of nitrogens with two attached hydrogens (primary N) is 1. The molecule has 0 aliphatic heterocycles. The first kappa shape index (κ1) is 12.2. The number of nitrogen functional groups attached to an aromatic ring is 1. The van der Waals surface area contributed by atoms with E-state index in [9.17, 15) is 4.79 Å². The van der Waals surface area contributed by atoms with E-state index in [0.717, 1.165) is 16.6 Å². The van der Waals surface area contributed by atoms with Crippen LogP contribution in [0.5, 0.6) is 0 Å². The molecule has 0 fully saturated rings. The van der Waals surface area contributed by atoms with Crippen molar-refractivity contribution in [3.05, 3.63) is 59.8 Å². The molecule has 0 bridgehead atoms. The van der Waals surface area contributed by atoms with Gasteiger partial charge in [-0.1, -0.05) is 24.3 Å². The number of benzene rings is 2. The Morgan fingerprint density at radius 2 is 2.05 bits per heavy atom. The zero-order valence-electron chi connectivity index (χ0n) is 10.8. The SMILES string of the molecule is Nc1cccc(C(=O)NCc2[nH]nc3ccccc23)c1. The maximum atomic E-state index is 12.0. The normalized spacial score (nSPS) is 10.6. The Morgan fingerprint density at radius 3 is 2.90 bits per heavy atom. The minimum absolute atomic E-state index is 0.156. The van der Waals surface area contributed by atoms with Gasteiger partial charge in [0.2, 0.25) is 0 Å². The summed E-state index contributed by atoms with van der Waals surface area (Å²) in [5, 5.41) is 11.0. The number of para-hydroxylation sites is 1. The predicted molar refractivity (Wildman–Crippen MR) is 78.1 cm³/mol. The number of aromatic amines is 1. The third-order valence-electron chi connectivity index (χ3n) is 3.12. The second-order valence-corrected chi connectivity index (χ2v) is 4.53. The lowest BCUT2D eigenvalue weighted by Gasteiger charge is -2.04. The van der Waals surface area contributed by atoms with Crippen LogP contribution in [0.25, 0.3) is 10.9 Å². The Bertz CT molecular complexity index is 763. The number of aromatic nitrogens is 2. The zero-order chi connectivity index (χ0) is 13.9. The molecule has 0 unspecified atom stereocenters. The summed E-state index contributed by atoms with van der Waals surface area (Å²) in [6.07, 6.45) is 0. The number of hydrogen-bond acceptors (Lipinski definition) is 3. The van der Waals surface area contributed by atoms with Gasteiger partial charge in [-0.3, -0.25) is 9.89 Å². The largest absolute Gasteiger partial charge is 0.399 e. The topological polar surface area (TPSA) is 83.8 Å². The monoisotopic (exact) mass is 266 g/mol. The van der Waals surface area contributed by atoms with Crippen molar-refractivity contribution in [2.24, 2.45) is 0 Å². The predicted octanol–water partition coefficient (Wildman–Crippen LogP) is 2.08. The Kier molecular flexibility index (Phi) is 3.09. The quantitative estimate of drug-likeness (QED) is 0.634. The number of carbonyl (C=O) groups excluding carboxylic acids is 1. The lowest BCUT2D eigenvalue weighted by atomic mass is 10.2. The van der Waals surface area contributed by atoms with Gasteiger partial charge in [-0.2, -0.15) is 5.10 Å². The van der Waals surface area contributed by atoms with Crippen LogP contribution in [0.1, 0.15) is 16.1 Å². The molecule has 0 aliphatic carbocycles. The molecule has 2 aromatic carbocycles. The number of rotatable bonds is 3. The van der Waals surface area contributed by atoms with Crippen molar-refractivity contribution in [1.29, 1.82) is 0 Å². The molecule has 5 nitrogen and oxygen atoms in total. The first-order chi connectivity index (χ1) is 9.74. The van der Waals surface area contributed by atoms with Crippen LogP contribution in [0.4, 0.5) is 5.69 Å². The van der Waals surface area contributed by atoms with E-state index in [2.05, 4.69) is 15.5 Å². The van der Waals surface area contributed by atoms with Crippen molar-refractivity contribution in [1.82, 2.24) is 15.5 Å². The molecule has 3 rings (SSSR count). The lowest BCUT2D eigenvalue weighted by Crippen LogP contribution is -2.23. The highest BCUT2D eigenvalue weighted by Crippen LogP contribution is 2.15. The van der Waals surface area contributed by atoms with Crippen LogP contribution in [0.3, 0.4) is 0 Å². The first-order valence-electron chi connectivity index (χ1n) is 6.30. The number of carbonyl (C=O) groups is 1. The van der Waals surface area contributed by atoms with Crippen molar-refractivity contribution in [3.63, 3.8) is 0 Å². The number of fused-ring (bicyclic) bond motifs is 1. The molecule has 1 heterocycles. The smallest absolute Gasteiger partial charge is 0.251 e. The summed E-state index contributed by atoms with van der Waals surface area (Å²) in [5.74, 6) is -0.156. The van der Waals surface area contributed by atoms with Gasteiger partial charge in [0.05, 0.1) is 17.8 Å². The van der Waals surface area contributed by atoms with E-state index in [4.69, 9.17) is 5.73 Å². The number of amides is 1. The molecule has 20 heavy (non-hydrogen) atoms. The minimum Gasteiger partial charge on any atom is -0.399 e. The summed E-state index contributed by atoms with van der Waals surface area (Å²) < 4.78 is 0. The third kappa shape index (κ3) is 2.33. The second-order valence-electron chi connectivity index (χ2n) is 4.53. The van der Waals surface area contributed by atoms with Crippen molar-refractivity contribution >= 4 is 22.5 Å². The summed E-state index contributed by atoms with van der Waals surface area (Å²) in [5.41, 5.74) is 8.57. The molecule has 1 amide bonds. The van der Waals surface area contributed by atoms with Crippen LogP contribution < -0.4 is 11.1 Å². The summed E-state index contributed by atoms with van der Waals surface area (Å²) in [6.45, 7) is 0.397. The number of nitrogens with one attached hydrogen (secondary N) is 2. The van der Waals surface area contributed by atoms with Crippen LogP contribution in [0.2, 0.25) is 0 Å². The second kappa shape index (κ2) is 5.05. The van der Waals surface area contributed by atoms with E-state index in [1.54, 1.807) is 24.3 Å². The van der Waals surface area contributed by atoms with Gasteiger partial charge < -0.3 is 11.1 Å². The fraction of sp³-hybridized carbons (Fsp3) is 0.0667.